The lowest BCUT2D eigenvalue weighted by molar-refractivity contribution is 1.22. The molecule has 2 aromatic heterocycles. The molecule has 3 rings (SSSR count). The SMILES string of the molecule is Nc1cnc(-c2cc3ccccc3s2)cn1. The number of hydrogen-bond donors (Lipinski definition) is 1. The van der Waals surface area contributed by atoms with Crippen LogP contribution < -0.4 is 5.73 Å². The number of thiophene rings is 1. The first kappa shape index (κ1) is 9.30. The smallest absolute Gasteiger partial charge is 0.141 e. The minimum Gasteiger partial charge on any atom is -0.382 e. The Bertz CT molecular complexity index is 595. The lowest BCUT2D eigenvalue weighted by Crippen LogP contribution is -1.91. The molecule has 78 valence electrons. The molecule has 0 bridgehead atoms. The average molecular weight is 227 g/mol. The fraction of sp³-hybridized carbons (Fsp3) is 0. The maximum Gasteiger partial charge on any atom is 0.141 e. The zero-order chi connectivity index (χ0) is 11.0. The second kappa shape index (κ2) is 3.57. The minimum atomic E-state index is 0.449. The predicted molar refractivity (Wildman–Crippen MR) is 67.3 cm³/mol. The highest BCUT2D eigenvalue weighted by molar-refractivity contribution is 7.22. The van der Waals surface area contributed by atoms with Crippen molar-refractivity contribution in [3.8, 4) is 10.6 Å². The molecule has 0 radical (unpaired) electrons. The molecule has 0 amide bonds. The van der Waals surface area contributed by atoms with Crippen LogP contribution in [-0.2, 0) is 0 Å². The average Bonchev–Trinajstić information content (AvgIpc) is 2.73. The van der Waals surface area contributed by atoms with Crippen LogP contribution in [0.4, 0.5) is 5.82 Å². The van der Waals surface area contributed by atoms with Gasteiger partial charge < -0.3 is 5.73 Å². The van der Waals surface area contributed by atoms with E-state index in [4.69, 9.17) is 5.73 Å². The van der Waals surface area contributed by atoms with Crippen LogP contribution in [0.2, 0.25) is 0 Å². The number of nitrogen functional groups attached to an aromatic ring is 1. The highest BCUT2D eigenvalue weighted by Crippen LogP contribution is 2.31. The molecule has 1 aromatic carbocycles. The van der Waals surface area contributed by atoms with Gasteiger partial charge in [0, 0.05) is 4.70 Å². The normalized spacial score (nSPS) is 10.8. The molecule has 3 nitrogen and oxygen atoms in total. The van der Waals surface area contributed by atoms with Crippen molar-refractivity contribution in [1.82, 2.24) is 9.97 Å². The van der Waals surface area contributed by atoms with Crippen LogP contribution in [0.15, 0.2) is 42.7 Å². The summed E-state index contributed by atoms with van der Waals surface area (Å²) in [5.74, 6) is 0.449. The Morgan fingerprint density at radius 2 is 1.94 bits per heavy atom. The van der Waals surface area contributed by atoms with Crippen LogP contribution in [0.25, 0.3) is 20.7 Å². The van der Waals surface area contributed by atoms with Gasteiger partial charge in [0.15, 0.2) is 0 Å². The standard InChI is InChI=1S/C12H9N3S/c13-12-7-14-9(6-15-12)11-5-8-3-1-2-4-10(8)16-11/h1-7H,(H2,13,15). The number of benzene rings is 1. The summed E-state index contributed by atoms with van der Waals surface area (Å²) < 4.78 is 1.26. The van der Waals surface area contributed by atoms with E-state index < -0.39 is 0 Å². The maximum absolute atomic E-state index is 5.51. The highest BCUT2D eigenvalue weighted by Gasteiger charge is 2.04. The number of hydrogen-bond acceptors (Lipinski definition) is 4. The van der Waals surface area contributed by atoms with E-state index in [2.05, 4.69) is 28.2 Å². The molecule has 0 unspecified atom stereocenters. The summed E-state index contributed by atoms with van der Waals surface area (Å²) in [4.78, 5) is 9.43. The first-order chi connectivity index (χ1) is 7.83. The number of anilines is 1. The first-order valence-electron chi connectivity index (χ1n) is 4.89. The molecule has 0 aliphatic carbocycles. The maximum atomic E-state index is 5.51. The molecule has 0 atom stereocenters. The van der Waals surface area contributed by atoms with E-state index >= 15 is 0 Å². The summed E-state index contributed by atoms with van der Waals surface area (Å²) >= 11 is 1.71. The minimum absolute atomic E-state index is 0.449. The third-order valence-corrected chi connectivity index (χ3v) is 3.49. The fourth-order valence-electron chi connectivity index (χ4n) is 1.57. The molecule has 2 N–H and O–H groups in total. The Hall–Kier alpha value is -1.94. The number of nitrogens with zero attached hydrogens (tertiary/aromatic N) is 2. The zero-order valence-electron chi connectivity index (χ0n) is 8.42. The third-order valence-electron chi connectivity index (χ3n) is 2.35. The molecular formula is C12H9N3S. The van der Waals surface area contributed by atoms with Crippen molar-refractivity contribution in [3.63, 3.8) is 0 Å². The van der Waals surface area contributed by atoms with E-state index in [9.17, 15) is 0 Å². The second-order valence-corrected chi connectivity index (χ2v) is 4.56. The molecule has 0 saturated heterocycles. The van der Waals surface area contributed by atoms with E-state index in [0.29, 0.717) is 5.82 Å². The van der Waals surface area contributed by atoms with Crippen LogP contribution in [0.3, 0.4) is 0 Å². The van der Waals surface area contributed by atoms with Gasteiger partial charge in [-0.05, 0) is 17.5 Å². The van der Waals surface area contributed by atoms with Gasteiger partial charge in [0.05, 0.1) is 23.0 Å². The van der Waals surface area contributed by atoms with Gasteiger partial charge in [0.25, 0.3) is 0 Å². The molecular weight excluding hydrogens is 218 g/mol. The third kappa shape index (κ3) is 1.53. The first-order valence-corrected chi connectivity index (χ1v) is 5.71. The molecule has 0 aliphatic rings. The van der Waals surface area contributed by atoms with Crippen molar-refractivity contribution in [1.29, 1.82) is 0 Å². The molecule has 4 heteroatoms. The van der Waals surface area contributed by atoms with E-state index in [0.717, 1.165) is 10.6 Å². The van der Waals surface area contributed by atoms with E-state index in [1.165, 1.54) is 10.1 Å². The largest absolute Gasteiger partial charge is 0.382 e. The van der Waals surface area contributed by atoms with Crippen LogP contribution in [0.1, 0.15) is 0 Å². The van der Waals surface area contributed by atoms with Crippen molar-refractivity contribution in [2.24, 2.45) is 0 Å². The quantitative estimate of drug-likeness (QED) is 0.695. The molecule has 0 spiro atoms. The van der Waals surface area contributed by atoms with Crippen LogP contribution in [0.5, 0.6) is 0 Å². The summed E-state index contributed by atoms with van der Waals surface area (Å²) in [6.07, 6.45) is 3.29. The number of rotatable bonds is 1. The van der Waals surface area contributed by atoms with Crippen molar-refractivity contribution in [2.75, 3.05) is 5.73 Å². The number of fused-ring (bicyclic) bond motifs is 1. The topological polar surface area (TPSA) is 51.8 Å². The number of aromatic nitrogens is 2. The molecule has 0 fully saturated rings. The Morgan fingerprint density at radius 3 is 2.69 bits per heavy atom. The van der Waals surface area contributed by atoms with E-state index in [-0.39, 0.29) is 0 Å². The van der Waals surface area contributed by atoms with Crippen molar-refractivity contribution in [2.45, 2.75) is 0 Å². The van der Waals surface area contributed by atoms with Gasteiger partial charge in [-0.2, -0.15) is 0 Å². The van der Waals surface area contributed by atoms with Crippen molar-refractivity contribution in [3.05, 3.63) is 42.7 Å². The van der Waals surface area contributed by atoms with Gasteiger partial charge in [0.1, 0.15) is 5.82 Å². The lowest BCUT2D eigenvalue weighted by Gasteiger charge is -1.95. The number of nitrogens with two attached hydrogens (primary N) is 1. The lowest BCUT2D eigenvalue weighted by atomic mass is 10.2. The van der Waals surface area contributed by atoms with E-state index in [1.54, 1.807) is 23.7 Å². The van der Waals surface area contributed by atoms with Gasteiger partial charge in [-0.3, -0.25) is 0 Å². The van der Waals surface area contributed by atoms with Gasteiger partial charge in [0.2, 0.25) is 0 Å². The molecule has 0 saturated carbocycles. The zero-order valence-corrected chi connectivity index (χ0v) is 9.24. The van der Waals surface area contributed by atoms with Crippen molar-refractivity contribution >= 4 is 27.2 Å². The van der Waals surface area contributed by atoms with Gasteiger partial charge in [-0.1, -0.05) is 18.2 Å². The summed E-state index contributed by atoms with van der Waals surface area (Å²) in [7, 11) is 0. The van der Waals surface area contributed by atoms with Crippen molar-refractivity contribution < 1.29 is 0 Å². The highest BCUT2D eigenvalue weighted by atomic mass is 32.1. The Labute approximate surface area is 96.6 Å². The monoisotopic (exact) mass is 227 g/mol. The molecule has 3 aromatic rings. The summed E-state index contributed by atoms with van der Waals surface area (Å²) in [6.45, 7) is 0. The Balaban J connectivity index is 2.15. The summed E-state index contributed by atoms with van der Waals surface area (Å²) in [5.41, 5.74) is 6.38. The predicted octanol–water partition coefficient (Wildman–Crippen LogP) is 2.94. The Morgan fingerprint density at radius 1 is 1.06 bits per heavy atom. The van der Waals surface area contributed by atoms with Crippen LogP contribution >= 0.6 is 11.3 Å². The second-order valence-electron chi connectivity index (χ2n) is 3.47. The van der Waals surface area contributed by atoms with Gasteiger partial charge >= 0.3 is 0 Å². The van der Waals surface area contributed by atoms with E-state index in [1.807, 2.05) is 12.1 Å². The summed E-state index contributed by atoms with van der Waals surface area (Å²) in [6, 6.07) is 10.4. The Kier molecular flexibility index (Phi) is 2.08. The van der Waals surface area contributed by atoms with Crippen LogP contribution in [0, 0.1) is 0 Å². The van der Waals surface area contributed by atoms with Crippen LogP contribution in [-0.4, -0.2) is 9.97 Å². The molecule has 0 aliphatic heterocycles. The van der Waals surface area contributed by atoms with Gasteiger partial charge in [-0.25, -0.2) is 9.97 Å². The summed E-state index contributed by atoms with van der Waals surface area (Å²) in [5, 5.41) is 1.24. The fourth-order valence-corrected chi connectivity index (χ4v) is 2.60. The van der Waals surface area contributed by atoms with Gasteiger partial charge in [-0.15, -0.1) is 11.3 Å². The molecule has 2 heterocycles. The molecule has 16 heavy (non-hydrogen) atoms.